The normalized spacial score (nSPS) is 12.0. The van der Waals surface area contributed by atoms with E-state index in [0.29, 0.717) is 0 Å². The van der Waals surface area contributed by atoms with Gasteiger partial charge in [-0.25, -0.2) is 0 Å². The highest BCUT2D eigenvalue weighted by Gasteiger charge is 2.08. The van der Waals surface area contributed by atoms with Crippen molar-refractivity contribution in [3.05, 3.63) is 23.8 Å². The van der Waals surface area contributed by atoms with E-state index in [1.165, 1.54) is 0 Å². The molecule has 0 aromatic heterocycles. The number of ether oxygens (including phenoxy) is 1. The van der Waals surface area contributed by atoms with E-state index in [-0.39, 0.29) is 11.2 Å². The molecule has 15 heavy (non-hydrogen) atoms. The highest BCUT2D eigenvalue weighted by molar-refractivity contribution is 7.81. The summed E-state index contributed by atoms with van der Waals surface area (Å²) in [6.07, 6.45) is 0. The Balaban J connectivity index is 2.80. The summed E-state index contributed by atoms with van der Waals surface area (Å²) in [5.74, 6) is 0.704. The Morgan fingerprint density at radius 2 is 2.20 bits per heavy atom. The average Bonchev–Trinajstić information content (AvgIpc) is 2.18. The first-order valence-electron chi connectivity index (χ1n) is 4.68. The van der Waals surface area contributed by atoms with Gasteiger partial charge in [-0.05, 0) is 37.6 Å². The van der Waals surface area contributed by atoms with Gasteiger partial charge in [-0.3, -0.25) is 4.79 Å². The van der Waals surface area contributed by atoms with Crippen LogP contribution in [0.15, 0.2) is 18.2 Å². The Labute approximate surface area is 95.2 Å². The first-order chi connectivity index (χ1) is 7.04. The van der Waals surface area contributed by atoms with Crippen molar-refractivity contribution in [2.75, 3.05) is 12.4 Å². The number of benzene rings is 1. The van der Waals surface area contributed by atoms with E-state index in [0.717, 1.165) is 17.0 Å². The Hall–Kier alpha value is -1.16. The number of anilines is 1. The molecule has 0 fully saturated rings. The van der Waals surface area contributed by atoms with Crippen LogP contribution in [0.1, 0.15) is 12.5 Å². The zero-order valence-corrected chi connectivity index (χ0v) is 9.97. The SMILES string of the molecule is COc1ccc(NC(=O)C(C)S)cc1C. The Morgan fingerprint density at radius 1 is 1.53 bits per heavy atom. The number of methoxy groups -OCH3 is 1. The minimum Gasteiger partial charge on any atom is -0.496 e. The molecule has 0 saturated heterocycles. The molecule has 1 N–H and O–H groups in total. The third kappa shape index (κ3) is 3.16. The molecular weight excluding hydrogens is 210 g/mol. The van der Waals surface area contributed by atoms with Crippen molar-refractivity contribution in [1.82, 2.24) is 0 Å². The van der Waals surface area contributed by atoms with Gasteiger partial charge in [0.2, 0.25) is 5.91 Å². The van der Waals surface area contributed by atoms with Gasteiger partial charge in [-0.2, -0.15) is 12.6 Å². The highest BCUT2D eigenvalue weighted by Crippen LogP contribution is 2.21. The predicted octanol–water partition coefficient (Wildman–Crippen LogP) is 2.26. The fourth-order valence-corrected chi connectivity index (χ4v) is 1.27. The molecule has 1 unspecified atom stereocenters. The fraction of sp³-hybridized carbons (Fsp3) is 0.364. The maximum atomic E-state index is 11.4. The molecule has 3 nitrogen and oxygen atoms in total. The van der Waals surface area contributed by atoms with Crippen molar-refractivity contribution in [2.24, 2.45) is 0 Å². The maximum absolute atomic E-state index is 11.4. The lowest BCUT2D eigenvalue weighted by atomic mass is 10.2. The zero-order chi connectivity index (χ0) is 11.4. The summed E-state index contributed by atoms with van der Waals surface area (Å²) in [4.78, 5) is 11.4. The molecule has 0 aliphatic heterocycles. The van der Waals surface area contributed by atoms with Crippen molar-refractivity contribution in [3.8, 4) is 5.75 Å². The molecule has 0 saturated carbocycles. The molecule has 0 heterocycles. The molecule has 0 aliphatic carbocycles. The van der Waals surface area contributed by atoms with E-state index in [1.54, 1.807) is 20.1 Å². The summed E-state index contributed by atoms with van der Waals surface area (Å²) in [5.41, 5.74) is 1.75. The summed E-state index contributed by atoms with van der Waals surface area (Å²) in [5, 5.41) is 2.45. The molecule has 82 valence electrons. The first-order valence-corrected chi connectivity index (χ1v) is 5.20. The van der Waals surface area contributed by atoms with Crippen LogP contribution in [0.25, 0.3) is 0 Å². The van der Waals surface area contributed by atoms with Crippen LogP contribution in [-0.4, -0.2) is 18.3 Å². The zero-order valence-electron chi connectivity index (χ0n) is 9.07. The van der Waals surface area contributed by atoms with Gasteiger partial charge in [0.1, 0.15) is 5.75 Å². The second kappa shape index (κ2) is 5.07. The van der Waals surface area contributed by atoms with E-state index in [9.17, 15) is 4.79 Å². The minimum absolute atomic E-state index is 0.108. The van der Waals surface area contributed by atoms with E-state index in [4.69, 9.17) is 4.74 Å². The molecule has 4 heteroatoms. The van der Waals surface area contributed by atoms with E-state index in [1.807, 2.05) is 19.1 Å². The monoisotopic (exact) mass is 225 g/mol. The van der Waals surface area contributed by atoms with Crippen LogP contribution < -0.4 is 10.1 Å². The largest absolute Gasteiger partial charge is 0.496 e. The number of carbonyl (C=O) groups is 1. The first kappa shape index (κ1) is 11.9. The molecular formula is C11H15NO2S. The lowest BCUT2D eigenvalue weighted by Gasteiger charge is -2.10. The van der Waals surface area contributed by atoms with Gasteiger partial charge in [-0.1, -0.05) is 0 Å². The topological polar surface area (TPSA) is 38.3 Å². The van der Waals surface area contributed by atoms with Crippen LogP contribution in [0, 0.1) is 6.92 Å². The Kier molecular flexibility index (Phi) is 4.03. The third-order valence-electron chi connectivity index (χ3n) is 2.04. The molecule has 1 amide bonds. The van der Waals surface area contributed by atoms with Crippen molar-refractivity contribution in [2.45, 2.75) is 19.1 Å². The second-order valence-electron chi connectivity index (χ2n) is 3.35. The number of nitrogens with one attached hydrogen (secondary N) is 1. The van der Waals surface area contributed by atoms with Gasteiger partial charge < -0.3 is 10.1 Å². The highest BCUT2D eigenvalue weighted by atomic mass is 32.1. The molecule has 1 rings (SSSR count). The van der Waals surface area contributed by atoms with Gasteiger partial charge >= 0.3 is 0 Å². The third-order valence-corrected chi connectivity index (χ3v) is 2.28. The van der Waals surface area contributed by atoms with Crippen molar-refractivity contribution >= 4 is 24.2 Å². The van der Waals surface area contributed by atoms with Crippen LogP contribution in [-0.2, 0) is 4.79 Å². The van der Waals surface area contributed by atoms with E-state index < -0.39 is 0 Å². The van der Waals surface area contributed by atoms with Gasteiger partial charge in [0.05, 0.1) is 12.4 Å². The number of rotatable bonds is 3. The fourth-order valence-electron chi connectivity index (χ4n) is 1.20. The van der Waals surface area contributed by atoms with Crippen LogP contribution in [0.5, 0.6) is 5.75 Å². The lowest BCUT2D eigenvalue weighted by Crippen LogP contribution is -2.20. The number of hydrogen-bond donors (Lipinski definition) is 2. The molecule has 1 aromatic carbocycles. The minimum atomic E-state index is -0.313. The molecule has 0 radical (unpaired) electrons. The van der Waals surface area contributed by atoms with E-state index >= 15 is 0 Å². The van der Waals surface area contributed by atoms with E-state index in [2.05, 4.69) is 17.9 Å². The summed E-state index contributed by atoms with van der Waals surface area (Å²) < 4.78 is 5.12. The predicted molar refractivity (Wildman–Crippen MR) is 64.8 cm³/mol. The molecule has 0 aliphatic rings. The average molecular weight is 225 g/mol. The van der Waals surface area contributed by atoms with Crippen molar-refractivity contribution < 1.29 is 9.53 Å². The van der Waals surface area contributed by atoms with Crippen LogP contribution in [0.2, 0.25) is 0 Å². The van der Waals surface area contributed by atoms with Crippen LogP contribution in [0.4, 0.5) is 5.69 Å². The number of hydrogen-bond acceptors (Lipinski definition) is 3. The lowest BCUT2D eigenvalue weighted by molar-refractivity contribution is -0.115. The Morgan fingerprint density at radius 3 is 2.67 bits per heavy atom. The molecule has 1 atom stereocenters. The van der Waals surface area contributed by atoms with Crippen LogP contribution in [0.3, 0.4) is 0 Å². The maximum Gasteiger partial charge on any atom is 0.236 e. The van der Waals surface area contributed by atoms with Crippen LogP contribution >= 0.6 is 12.6 Å². The summed E-state index contributed by atoms with van der Waals surface area (Å²) in [6.45, 7) is 3.66. The number of carbonyl (C=O) groups excluding carboxylic acids is 1. The van der Waals surface area contributed by atoms with Crippen molar-refractivity contribution in [1.29, 1.82) is 0 Å². The second-order valence-corrected chi connectivity index (χ2v) is 4.12. The van der Waals surface area contributed by atoms with Gasteiger partial charge in [0.25, 0.3) is 0 Å². The summed E-state index contributed by atoms with van der Waals surface area (Å²) >= 11 is 4.05. The van der Waals surface area contributed by atoms with Crippen molar-refractivity contribution in [3.63, 3.8) is 0 Å². The Bertz CT molecular complexity index is 364. The van der Waals surface area contributed by atoms with Gasteiger partial charge in [0.15, 0.2) is 0 Å². The van der Waals surface area contributed by atoms with Gasteiger partial charge in [0, 0.05) is 5.69 Å². The quantitative estimate of drug-likeness (QED) is 0.774. The molecule has 1 aromatic rings. The number of thiol groups is 1. The summed E-state index contributed by atoms with van der Waals surface area (Å²) in [6, 6.07) is 5.50. The molecule has 0 bridgehead atoms. The molecule has 0 spiro atoms. The smallest absolute Gasteiger partial charge is 0.236 e. The standard InChI is InChI=1S/C11H15NO2S/c1-7-6-9(4-5-10(7)14-3)12-11(13)8(2)15/h4-6,8,15H,1-3H3,(H,12,13). The summed E-state index contributed by atoms with van der Waals surface area (Å²) in [7, 11) is 1.62. The number of aryl methyl sites for hydroxylation is 1. The number of amides is 1. The van der Waals surface area contributed by atoms with Gasteiger partial charge in [-0.15, -0.1) is 0 Å².